The van der Waals surface area contributed by atoms with Gasteiger partial charge in [0.05, 0.1) is 17.6 Å². The van der Waals surface area contributed by atoms with Crippen LogP contribution in [0.3, 0.4) is 0 Å². The van der Waals surface area contributed by atoms with Crippen LogP contribution in [-0.2, 0) is 0 Å². The van der Waals surface area contributed by atoms with E-state index in [1.54, 1.807) is 18.3 Å². The zero-order valence-corrected chi connectivity index (χ0v) is 14.3. The number of hydrogen-bond acceptors (Lipinski definition) is 5. The first-order chi connectivity index (χ1) is 12.2. The quantitative estimate of drug-likeness (QED) is 0.500. The van der Waals surface area contributed by atoms with Crippen LogP contribution in [-0.4, -0.2) is 41.6 Å². The van der Waals surface area contributed by atoms with Crippen molar-refractivity contribution >= 4 is 17.6 Å². The first kappa shape index (κ1) is 17.2. The van der Waals surface area contributed by atoms with Gasteiger partial charge in [0.15, 0.2) is 0 Å². The van der Waals surface area contributed by atoms with Crippen LogP contribution in [0.1, 0.15) is 24.3 Å². The topological polar surface area (TPSA) is 74.2 Å². The van der Waals surface area contributed by atoms with Crippen molar-refractivity contribution in [2.45, 2.75) is 18.8 Å². The molecule has 3 rings (SSSR count). The Balaban J connectivity index is 1.52. The van der Waals surface area contributed by atoms with Gasteiger partial charge in [-0.2, -0.15) is 5.10 Å². The molecule has 2 aromatic carbocycles. The zero-order chi connectivity index (χ0) is 17.5. The van der Waals surface area contributed by atoms with Crippen molar-refractivity contribution in [1.29, 1.82) is 0 Å². The Bertz CT molecular complexity index is 717. The standard InChI is InChI=1S/C20H24N4O/c21-23-19(14-22-18-4-2-1-3-5-18)15-24-12-10-17(11-13-24)16-6-8-20(25)9-7-16/h1-9,14,17,25H,10-13,15,21H2. The largest absolute Gasteiger partial charge is 0.508 e. The predicted octanol–water partition coefficient (Wildman–Crippen LogP) is 3.29. The van der Waals surface area contributed by atoms with E-state index < -0.39 is 0 Å². The lowest BCUT2D eigenvalue weighted by Gasteiger charge is -2.31. The van der Waals surface area contributed by atoms with Crippen LogP contribution >= 0.6 is 0 Å². The maximum Gasteiger partial charge on any atom is 0.115 e. The van der Waals surface area contributed by atoms with Gasteiger partial charge in [-0.05, 0) is 61.7 Å². The van der Waals surface area contributed by atoms with Gasteiger partial charge in [0.2, 0.25) is 0 Å². The molecule has 1 heterocycles. The van der Waals surface area contributed by atoms with E-state index in [9.17, 15) is 5.11 Å². The van der Waals surface area contributed by atoms with Gasteiger partial charge in [-0.15, -0.1) is 0 Å². The molecule has 1 saturated heterocycles. The van der Waals surface area contributed by atoms with Crippen molar-refractivity contribution < 1.29 is 5.11 Å². The highest BCUT2D eigenvalue weighted by Crippen LogP contribution is 2.28. The average Bonchev–Trinajstić information content (AvgIpc) is 2.67. The van der Waals surface area contributed by atoms with Crippen LogP contribution < -0.4 is 5.84 Å². The summed E-state index contributed by atoms with van der Waals surface area (Å²) in [4.78, 5) is 6.79. The SMILES string of the molecule is NN=C(C=Nc1ccccc1)CN1CCC(c2ccc(O)cc2)CC1. The van der Waals surface area contributed by atoms with Gasteiger partial charge >= 0.3 is 0 Å². The minimum Gasteiger partial charge on any atom is -0.508 e. The fourth-order valence-electron chi connectivity index (χ4n) is 3.18. The summed E-state index contributed by atoms with van der Waals surface area (Å²) in [5.41, 5.74) is 2.98. The van der Waals surface area contributed by atoms with Crippen molar-refractivity contribution in [3.63, 3.8) is 0 Å². The number of nitrogens with zero attached hydrogens (tertiary/aromatic N) is 3. The molecule has 5 heteroatoms. The molecule has 0 saturated carbocycles. The summed E-state index contributed by atoms with van der Waals surface area (Å²) in [6, 6.07) is 17.4. The molecule has 2 aromatic rings. The fourth-order valence-corrected chi connectivity index (χ4v) is 3.18. The molecule has 0 aliphatic carbocycles. The summed E-state index contributed by atoms with van der Waals surface area (Å²) < 4.78 is 0. The molecule has 1 aliphatic rings. The molecule has 0 amide bonds. The number of aromatic hydroxyl groups is 1. The van der Waals surface area contributed by atoms with Gasteiger partial charge in [-0.3, -0.25) is 9.89 Å². The van der Waals surface area contributed by atoms with Crippen LogP contribution in [0.15, 0.2) is 64.7 Å². The first-order valence-electron chi connectivity index (χ1n) is 8.62. The Morgan fingerprint density at radius 3 is 2.40 bits per heavy atom. The number of hydrazone groups is 1. The Morgan fingerprint density at radius 2 is 1.76 bits per heavy atom. The third-order valence-electron chi connectivity index (χ3n) is 4.62. The number of para-hydroxylation sites is 1. The highest BCUT2D eigenvalue weighted by Gasteiger charge is 2.21. The number of piperidine rings is 1. The Hall–Kier alpha value is -2.66. The van der Waals surface area contributed by atoms with Crippen molar-refractivity contribution in [3.05, 3.63) is 60.2 Å². The molecule has 1 fully saturated rings. The Morgan fingerprint density at radius 1 is 1.08 bits per heavy atom. The third-order valence-corrected chi connectivity index (χ3v) is 4.62. The number of phenols is 1. The second-order valence-electron chi connectivity index (χ2n) is 6.36. The number of benzene rings is 2. The lowest BCUT2D eigenvalue weighted by molar-refractivity contribution is 0.239. The van der Waals surface area contributed by atoms with E-state index in [0.717, 1.165) is 43.9 Å². The maximum atomic E-state index is 9.41. The number of likely N-dealkylation sites (tertiary alicyclic amines) is 1. The summed E-state index contributed by atoms with van der Waals surface area (Å²) in [6.45, 7) is 2.72. The minimum atomic E-state index is 0.322. The van der Waals surface area contributed by atoms with Crippen LogP contribution in [0, 0.1) is 0 Å². The van der Waals surface area contributed by atoms with E-state index in [2.05, 4.69) is 15.0 Å². The van der Waals surface area contributed by atoms with E-state index in [1.165, 1.54) is 5.56 Å². The van der Waals surface area contributed by atoms with E-state index in [4.69, 9.17) is 5.84 Å². The van der Waals surface area contributed by atoms with Gasteiger partial charge in [0.1, 0.15) is 5.75 Å². The number of nitrogens with two attached hydrogens (primary N) is 1. The van der Waals surface area contributed by atoms with Gasteiger partial charge in [0.25, 0.3) is 0 Å². The number of hydrogen-bond donors (Lipinski definition) is 2. The van der Waals surface area contributed by atoms with Crippen LogP contribution in [0.25, 0.3) is 0 Å². The summed E-state index contributed by atoms with van der Waals surface area (Å²) in [6.07, 6.45) is 3.94. The molecular formula is C20H24N4O. The highest BCUT2D eigenvalue weighted by molar-refractivity contribution is 6.31. The number of phenolic OH excluding ortho intramolecular Hbond substituents is 1. The molecule has 0 bridgehead atoms. The normalized spacial score (nSPS) is 17.2. The van der Waals surface area contributed by atoms with Crippen molar-refractivity contribution in [3.8, 4) is 5.75 Å². The number of aliphatic imine (C=N–C) groups is 1. The van der Waals surface area contributed by atoms with Crippen molar-refractivity contribution in [2.24, 2.45) is 15.9 Å². The molecule has 25 heavy (non-hydrogen) atoms. The lowest BCUT2D eigenvalue weighted by atomic mass is 9.89. The number of rotatable bonds is 5. The van der Waals surface area contributed by atoms with E-state index in [1.807, 2.05) is 42.5 Å². The summed E-state index contributed by atoms with van der Waals surface area (Å²) in [5, 5.41) is 13.3. The summed E-state index contributed by atoms with van der Waals surface area (Å²) in [7, 11) is 0. The van der Waals surface area contributed by atoms with Crippen molar-refractivity contribution in [1.82, 2.24) is 4.90 Å². The fraction of sp³-hybridized carbons (Fsp3) is 0.300. The molecule has 130 valence electrons. The maximum absolute atomic E-state index is 9.41. The van der Waals surface area contributed by atoms with Gasteiger partial charge in [-0.25, -0.2) is 0 Å². The molecule has 0 unspecified atom stereocenters. The first-order valence-corrected chi connectivity index (χ1v) is 8.62. The third kappa shape index (κ3) is 4.90. The molecule has 3 N–H and O–H groups in total. The highest BCUT2D eigenvalue weighted by atomic mass is 16.3. The van der Waals surface area contributed by atoms with Crippen LogP contribution in [0.2, 0.25) is 0 Å². The van der Waals surface area contributed by atoms with E-state index in [0.29, 0.717) is 11.7 Å². The molecule has 0 radical (unpaired) electrons. The summed E-state index contributed by atoms with van der Waals surface area (Å²) in [5.74, 6) is 6.40. The van der Waals surface area contributed by atoms with Gasteiger partial charge in [-0.1, -0.05) is 30.3 Å². The molecule has 5 nitrogen and oxygen atoms in total. The summed E-state index contributed by atoms with van der Waals surface area (Å²) >= 11 is 0. The van der Waals surface area contributed by atoms with E-state index >= 15 is 0 Å². The smallest absolute Gasteiger partial charge is 0.115 e. The van der Waals surface area contributed by atoms with E-state index in [-0.39, 0.29) is 0 Å². The lowest BCUT2D eigenvalue weighted by Crippen LogP contribution is -2.37. The molecular weight excluding hydrogens is 312 g/mol. The molecule has 0 spiro atoms. The minimum absolute atomic E-state index is 0.322. The Kier molecular flexibility index (Phi) is 5.80. The van der Waals surface area contributed by atoms with Crippen molar-refractivity contribution in [2.75, 3.05) is 19.6 Å². The second-order valence-corrected chi connectivity index (χ2v) is 6.36. The average molecular weight is 336 g/mol. The zero-order valence-electron chi connectivity index (χ0n) is 14.3. The van der Waals surface area contributed by atoms with Gasteiger partial charge < -0.3 is 10.9 Å². The van der Waals surface area contributed by atoms with Crippen LogP contribution in [0.4, 0.5) is 5.69 Å². The molecule has 1 aliphatic heterocycles. The molecule has 0 atom stereocenters. The van der Waals surface area contributed by atoms with Gasteiger partial charge in [0, 0.05) is 6.54 Å². The van der Waals surface area contributed by atoms with Crippen LogP contribution in [0.5, 0.6) is 5.75 Å². The molecule has 0 aromatic heterocycles. The predicted molar refractivity (Wildman–Crippen MR) is 103 cm³/mol. The Labute approximate surface area is 148 Å². The second kappa shape index (κ2) is 8.44. The monoisotopic (exact) mass is 336 g/mol.